The normalized spacial score (nSPS) is 19.7. The first-order chi connectivity index (χ1) is 18.1. The van der Waals surface area contributed by atoms with Gasteiger partial charge in [0, 0.05) is 30.8 Å². The van der Waals surface area contributed by atoms with E-state index in [0.29, 0.717) is 30.0 Å². The van der Waals surface area contributed by atoms with Gasteiger partial charge in [0.25, 0.3) is 0 Å². The largest absolute Gasteiger partial charge is 0.493 e. The quantitative estimate of drug-likeness (QED) is 0.337. The number of carbonyl (C=O) groups excluding carboxylic acids is 1. The topological polar surface area (TPSA) is 75.5 Å². The minimum absolute atomic E-state index is 0.0477. The van der Waals surface area contributed by atoms with Gasteiger partial charge in [-0.3, -0.25) is 4.90 Å². The fourth-order valence-corrected chi connectivity index (χ4v) is 5.41. The predicted molar refractivity (Wildman–Crippen MR) is 144 cm³/mol. The zero-order valence-electron chi connectivity index (χ0n) is 21.9. The van der Waals surface area contributed by atoms with Crippen molar-refractivity contribution in [1.82, 2.24) is 9.88 Å². The number of carbonyl (C=O) groups is 1. The number of ether oxygens (including phenoxy) is 2. The van der Waals surface area contributed by atoms with Crippen molar-refractivity contribution >= 4 is 5.97 Å². The van der Waals surface area contributed by atoms with E-state index in [1.165, 1.54) is 5.56 Å². The zero-order valence-corrected chi connectivity index (χ0v) is 21.9. The fourth-order valence-electron chi connectivity index (χ4n) is 5.41. The fraction of sp³-hybridized carbons (Fsp3) is 0.387. The summed E-state index contributed by atoms with van der Waals surface area (Å²) >= 11 is 0. The molecule has 1 aromatic heterocycles. The molecule has 1 fully saturated rings. The van der Waals surface area contributed by atoms with Gasteiger partial charge in [-0.2, -0.15) is 5.26 Å². The van der Waals surface area contributed by atoms with E-state index in [0.717, 1.165) is 31.6 Å². The van der Waals surface area contributed by atoms with E-state index in [9.17, 15) is 10.1 Å². The number of esters is 1. The van der Waals surface area contributed by atoms with E-state index in [4.69, 9.17) is 14.5 Å². The third kappa shape index (κ3) is 5.52. The van der Waals surface area contributed by atoms with Gasteiger partial charge in [-0.05, 0) is 49.9 Å². The number of aromatic nitrogens is 1. The van der Waals surface area contributed by atoms with Crippen molar-refractivity contribution in [2.75, 3.05) is 26.3 Å². The summed E-state index contributed by atoms with van der Waals surface area (Å²) in [6.45, 7) is 8.97. The molecule has 192 valence electrons. The molecule has 6 heteroatoms. The zero-order chi connectivity index (χ0) is 26.3. The number of likely N-dealkylation sites (tertiary alicyclic amines) is 1. The molecule has 0 amide bonds. The van der Waals surface area contributed by atoms with Crippen molar-refractivity contribution in [3.63, 3.8) is 0 Å². The average Bonchev–Trinajstić information content (AvgIpc) is 2.94. The minimum atomic E-state index is -0.824. The number of pyridine rings is 1. The summed E-state index contributed by atoms with van der Waals surface area (Å²) in [5, 5.41) is 10.6. The van der Waals surface area contributed by atoms with E-state index in [-0.39, 0.29) is 18.2 Å². The lowest BCUT2D eigenvalue weighted by Crippen LogP contribution is -2.49. The number of hydrogen-bond donors (Lipinski definition) is 0. The lowest BCUT2D eigenvalue weighted by atomic mass is 9.65. The van der Waals surface area contributed by atoms with Gasteiger partial charge < -0.3 is 9.47 Å². The number of hydrogen-bond acceptors (Lipinski definition) is 6. The van der Waals surface area contributed by atoms with Crippen LogP contribution in [0.25, 0.3) is 11.3 Å². The van der Waals surface area contributed by atoms with Crippen molar-refractivity contribution < 1.29 is 14.3 Å². The highest BCUT2D eigenvalue weighted by atomic mass is 16.5. The molecule has 1 aliphatic heterocycles. The summed E-state index contributed by atoms with van der Waals surface area (Å²) in [4.78, 5) is 20.4. The summed E-state index contributed by atoms with van der Waals surface area (Å²) < 4.78 is 11.2. The van der Waals surface area contributed by atoms with Crippen molar-refractivity contribution in [2.45, 2.75) is 45.6 Å². The summed E-state index contributed by atoms with van der Waals surface area (Å²) in [6.07, 6.45) is 1.44. The molecule has 0 unspecified atom stereocenters. The molecule has 1 aliphatic rings. The molecule has 6 nitrogen and oxygen atoms in total. The van der Waals surface area contributed by atoms with E-state index < -0.39 is 11.4 Å². The van der Waals surface area contributed by atoms with Crippen LogP contribution in [0.5, 0.6) is 5.75 Å². The second-order valence-corrected chi connectivity index (χ2v) is 9.40. The first-order valence-electron chi connectivity index (χ1n) is 13.1. The lowest BCUT2D eigenvalue weighted by Gasteiger charge is -2.44. The molecule has 0 aliphatic carbocycles. The maximum absolute atomic E-state index is 13.2. The van der Waals surface area contributed by atoms with Crippen LogP contribution in [0.3, 0.4) is 0 Å². The monoisotopic (exact) mass is 497 g/mol. The van der Waals surface area contributed by atoms with Crippen LogP contribution in [0.1, 0.15) is 55.2 Å². The minimum Gasteiger partial charge on any atom is -0.493 e. The Balaban J connectivity index is 1.74. The highest BCUT2D eigenvalue weighted by Crippen LogP contribution is 2.43. The van der Waals surface area contributed by atoms with Crippen LogP contribution in [-0.4, -0.2) is 42.2 Å². The first kappa shape index (κ1) is 26.4. The molecule has 0 bridgehead atoms. The van der Waals surface area contributed by atoms with E-state index in [1.807, 2.05) is 49.4 Å². The van der Waals surface area contributed by atoms with Gasteiger partial charge in [0.05, 0.1) is 30.4 Å². The molecule has 37 heavy (non-hydrogen) atoms. The van der Waals surface area contributed by atoms with E-state index in [2.05, 4.69) is 42.2 Å². The molecule has 0 saturated carbocycles. The molecule has 0 spiro atoms. The van der Waals surface area contributed by atoms with E-state index >= 15 is 0 Å². The predicted octanol–water partition coefficient (Wildman–Crippen LogP) is 6.02. The Bertz CT molecular complexity index is 1250. The van der Waals surface area contributed by atoms with Crippen LogP contribution in [0.4, 0.5) is 0 Å². The Labute approximate surface area is 219 Å². The number of rotatable bonds is 9. The van der Waals surface area contributed by atoms with Gasteiger partial charge in [0.15, 0.2) is 5.69 Å². The van der Waals surface area contributed by atoms with Crippen LogP contribution < -0.4 is 4.74 Å². The Hall–Kier alpha value is -3.69. The maximum atomic E-state index is 13.2. The number of piperidine rings is 1. The third-order valence-electron chi connectivity index (χ3n) is 7.25. The van der Waals surface area contributed by atoms with Crippen LogP contribution in [0, 0.1) is 17.2 Å². The molecule has 1 saturated heterocycles. The maximum Gasteiger partial charge on any atom is 0.357 e. The molecule has 2 heterocycles. The summed E-state index contributed by atoms with van der Waals surface area (Å²) in [7, 11) is 0. The first-order valence-corrected chi connectivity index (χ1v) is 13.1. The van der Waals surface area contributed by atoms with Crippen LogP contribution in [-0.2, 0) is 16.7 Å². The highest BCUT2D eigenvalue weighted by Gasteiger charge is 2.46. The molecular formula is C31H35N3O3. The molecule has 0 N–H and O–H groups in total. The SMILES string of the molecule is CCOC(=O)c1nc(-c2ccccc2OCC)ccc1[C@]1(C#N)CCN(Cc2ccccc2)C[C@H]1CC. The molecule has 4 rings (SSSR count). The summed E-state index contributed by atoms with van der Waals surface area (Å²) in [5.74, 6) is 0.256. The molecule has 3 aromatic rings. The van der Waals surface area contributed by atoms with Crippen molar-refractivity contribution in [3.8, 4) is 23.1 Å². The Morgan fingerprint density at radius 2 is 1.81 bits per heavy atom. The molecule has 0 radical (unpaired) electrons. The standard InChI is InChI=1S/C31H35N3O3/c1-4-24-21-34(20-23-12-8-7-9-13-23)19-18-31(24,22-32)26-16-17-27(33-29(26)30(35)37-6-3)25-14-10-11-15-28(25)36-5-2/h7-17,24H,4-6,18-21H2,1-3H3/t24-,31+/m1/s1. The second-order valence-electron chi connectivity index (χ2n) is 9.40. The van der Waals surface area contributed by atoms with Crippen LogP contribution >= 0.6 is 0 Å². The van der Waals surface area contributed by atoms with Gasteiger partial charge in [-0.1, -0.05) is 61.9 Å². The molecule has 2 aromatic carbocycles. The Morgan fingerprint density at radius 3 is 2.51 bits per heavy atom. The van der Waals surface area contributed by atoms with Gasteiger partial charge in [0.2, 0.25) is 0 Å². The van der Waals surface area contributed by atoms with Crippen molar-refractivity contribution in [1.29, 1.82) is 5.26 Å². The lowest BCUT2D eigenvalue weighted by molar-refractivity contribution is 0.0510. The van der Waals surface area contributed by atoms with Crippen LogP contribution in [0.15, 0.2) is 66.7 Å². The molecule has 2 atom stereocenters. The van der Waals surface area contributed by atoms with Gasteiger partial charge >= 0.3 is 5.97 Å². The number of para-hydroxylation sites is 1. The highest BCUT2D eigenvalue weighted by molar-refractivity contribution is 5.90. The van der Waals surface area contributed by atoms with E-state index in [1.54, 1.807) is 6.92 Å². The van der Waals surface area contributed by atoms with Crippen molar-refractivity contribution in [2.24, 2.45) is 5.92 Å². The average molecular weight is 498 g/mol. The van der Waals surface area contributed by atoms with Gasteiger partial charge in [-0.25, -0.2) is 9.78 Å². The van der Waals surface area contributed by atoms with Gasteiger partial charge in [0.1, 0.15) is 5.75 Å². The second kappa shape index (κ2) is 12.0. The number of nitriles is 1. The Morgan fingerprint density at radius 1 is 1.05 bits per heavy atom. The number of nitrogens with zero attached hydrogens (tertiary/aromatic N) is 3. The summed E-state index contributed by atoms with van der Waals surface area (Å²) in [5.41, 5.74) is 2.75. The summed E-state index contributed by atoms with van der Waals surface area (Å²) in [6, 6.07) is 24.5. The van der Waals surface area contributed by atoms with Crippen LogP contribution in [0.2, 0.25) is 0 Å². The third-order valence-corrected chi connectivity index (χ3v) is 7.25. The Kier molecular flexibility index (Phi) is 8.58. The smallest absolute Gasteiger partial charge is 0.357 e. The van der Waals surface area contributed by atoms with Crippen molar-refractivity contribution in [3.05, 3.63) is 83.6 Å². The molecular weight excluding hydrogens is 462 g/mol. The number of benzene rings is 2. The van der Waals surface area contributed by atoms with Gasteiger partial charge in [-0.15, -0.1) is 0 Å².